The zero-order chi connectivity index (χ0) is 22.9. The van der Waals surface area contributed by atoms with Gasteiger partial charge >= 0.3 is 0 Å². The van der Waals surface area contributed by atoms with Gasteiger partial charge in [0.25, 0.3) is 11.8 Å². The molecule has 0 unspecified atom stereocenters. The van der Waals surface area contributed by atoms with Gasteiger partial charge in [-0.05, 0) is 74.2 Å². The van der Waals surface area contributed by atoms with Crippen LogP contribution in [-0.4, -0.2) is 24.9 Å². The molecule has 2 aliphatic heterocycles. The van der Waals surface area contributed by atoms with E-state index in [0.717, 1.165) is 41.2 Å². The highest BCUT2D eigenvalue weighted by molar-refractivity contribution is 8.03. The van der Waals surface area contributed by atoms with Crippen molar-refractivity contribution in [1.29, 1.82) is 0 Å². The molecule has 2 amide bonds. The van der Waals surface area contributed by atoms with Crippen LogP contribution in [0.15, 0.2) is 70.2 Å². The number of hydrogen-bond acceptors (Lipinski definition) is 5. The van der Waals surface area contributed by atoms with E-state index in [1.807, 2.05) is 68.4 Å². The minimum absolute atomic E-state index is 0.275. The normalized spacial score (nSPS) is 16.4. The number of hydrogen-bond donors (Lipinski definition) is 0. The Balaban J connectivity index is 1.50. The van der Waals surface area contributed by atoms with Crippen LogP contribution in [0.5, 0.6) is 0 Å². The summed E-state index contributed by atoms with van der Waals surface area (Å²) in [7, 11) is 0. The Morgan fingerprint density at radius 2 is 1.64 bits per heavy atom. The summed E-state index contributed by atoms with van der Waals surface area (Å²) in [5.41, 5.74) is 5.10. The molecule has 0 bridgehead atoms. The van der Waals surface area contributed by atoms with Crippen LogP contribution in [0.3, 0.4) is 0 Å². The summed E-state index contributed by atoms with van der Waals surface area (Å²) in [4.78, 5) is 31.3. The zero-order valence-electron chi connectivity index (χ0n) is 18.8. The molecule has 1 fully saturated rings. The van der Waals surface area contributed by atoms with Gasteiger partial charge in [0.2, 0.25) is 0 Å². The molecule has 0 aliphatic carbocycles. The lowest BCUT2D eigenvalue weighted by atomic mass is 9.99. The van der Waals surface area contributed by atoms with Crippen molar-refractivity contribution < 1.29 is 14.0 Å². The molecule has 2 aromatic carbocycles. The second-order valence-corrected chi connectivity index (χ2v) is 9.53. The van der Waals surface area contributed by atoms with Crippen molar-refractivity contribution >= 4 is 40.5 Å². The Morgan fingerprint density at radius 3 is 2.30 bits per heavy atom. The molecule has 1 saturated heterocycles. The lowest BCUT2D eigenvalue weighted by molar-refractivity contribution is -0.119. The number of carbonyl (C=O) groups is 2. The van der Waals surface area contributed by atoms with Gasteiger partial charge in [0, 0.05) is 18.8 Å². The molecule has 0 N–H and O–H groups in total. The predicted molar refractivity (Wildman–Crippen MR) is 133 cm³/mol. The maximum Gasteiger partial charge on any atom is 0.272 e. The van der Waals surface area contributed by atoms with Crippen LogP contribution < -0.4 is 9.80 Å². The summed E-state index contributed by atoms with van der Waals surface area (Å²) >= 11 is 1.36. The first kappa shape index (κ1) is 21.6. The summed E-state index contributed by atoms with van der Waals surface area (Å²) in [6.07, 6.45) is 4.01. The van der Waals surface area contributed by atoms with Crippen LogP contribution >= 0.6 is 11.8 Å². The summed E-state index contributed by atoms with van der Waals surface area (Å²) in [6.45, 7) is 6.10. The maximum absolute atomic E-state index is 13.7. The molecular weight excluding hydrogens is 432 g/mol. The fourth-order valence-electron chi connectivity index (χ4n) is 4.54. The van der Waals surface area contributed by atoms with Gasteiger partial charge in [-0.2, -0.15) is 0 Å². The van der Waals surface area contributed by atoms with Gasteiger partial charge in [0.15, 0.2) is 0 Å². The van der Waals surface area contributed by atoms with Crippen LogP contribution in [0.4, 0.5) is 11.4 Å². The van der Waals surface area contributed by atoms with E-state index in [4.69, 9.17) is 4.42 Å². The van der Waals surface area contributed by atoms with Crippen molar-refractivity contribution in [2.24, 2.45) is 0 Å². The molecule has 0 atom stereocenters. The second-order valence-electron chi connectivity index (χ2n) is 8.55. The summed E-state index contributed by atoms with van der Waals surface area (Å²) in [6, 6.07) is 17.4. The lowest BCUT2D eigenvalue weighted by Crippen LogP contribution is -2.31. The fraction of sp³-hybridized carbons (Fsp3) is 0.259. The van der Waals surface area contributed by atoms with Gasteiger partial charge in [-0.3, -0.25) is 9.59 Å². The molecule has 2 aliphatic rings. The smallest absolute Gasteiger partial charge is 0.272 e. The van der Waals surface area contributed by atoms with Gasteiger partial charge in [-0.1, -0.05) is 23.8 Å². The molecule has 0 spiro atoms. The predicted octanol–water partition coefficient (Wildman–Crippen LogP) is 5.71. The van der Waals surface area contributed by atoms with E-state index in [1.54, 1.807) is 6.26 Å². The molecule has 5 rings (SSSR count). The number of thioether (sulfide) groups is 1. The quantitative estimate of drug-likeness (QED) is 0.443. The summed E-state index contributed by atoms with van der Waals surface area (Å²) in [5, 5.41) is 0. The molecule has 3 aromatic rings. The minimum atomic E-state index is -0.277. The topological polar surface area (TPSA) is 53.8 Å². The fourth-order valence-corrected chi connectivity index (χ4v) is 5.54. The van der Waals surface area contributed by atoms with E-state index in [9.17, 15) is 9.59 Å². The number of anilines is 2. The second kappa shape index (κ2) is 8.94. The number of nitrogens with zero attached hydrogens (tertiary/aromatic N) is 2. The van der Waals surface area contributed by atoms with Crippen molar-refractivity contribution in [3.63, 3.8) is 0 Å². The SMILES string of the molecule is Cc1ccc(C2=C(SCc3ccco3)C(=O)N(c3ccc(N4CCCC4)cc3)C2=O)c(C)c1. The molecule has 3 heterocycles. The Kier molecular flexibility index (Phi) is 5.85. The molecule has 168 valence electrons. The van der Waals surface area contributed by atoms with E-state index in [1.165, 1.54) is 29.5 Å². The number of furan rings is 1. The van der Waals surface area contributed by atoms with Crippen LogP contribution in [0.2, 0.25) is 0 Å². The van der Waals surface area contributed by atoms with Crippen LogP contribution in [-0.2, 0) is 15.3 Å². The van der Waals surface area contributed by atoms with E-state index < -0.39 is 0 Å². The van der Waals surface area contributed by atoms with Gasteiger partial charge in [-0.25, -0.2) is 4.90 Å². The molecule has 5 nitrogen and oxygen atoms in total. The molecule has 6 heteroatoms. The van der Waals surface area contributed by atoms with Crippen molar-refractivity contribution in [2.75, 3.05) is 22.9 Å². The molecule has 1 aromatic heterocycles. The average molecular weight is 459 g/mol. The third kappa shape index (κ3) is 4.11. The minimum Gasteiger partial charge on any atom is -0.468 e. The number of aryl methyl sites for hydroxylation is 2. The Hall–Kier alpha value is -3.25. The monoisotopic (exact) mass is 458 g/mol. The van der Waals surface area contributed by atoms with Crippen LogP contribution in [0, 0.1) is 13.8 Å². The number of amides is 2. The van der Waals surface area contributed by atoms with Gasteiger partial charge in [0.05, 0.1) is 28.2 Å². The third-order valence-electron chi connectivity index (χ3n) is 6.21. The van der Waals surface area contributed by atoms with Gasteiger partial charge in [-0.15, -0.1) is 11.8 Å². The maximum atomic E-state index is 13.7. The number of rotatable bonds is 6. The number of benzene rings is 2. The first-order valence-electron chi connectivity index (χ1n) is 11.2. The van der Waals surface area contributed by atoms with E-state index in [2.05, 4.69) is 4.90 Å². The largest absolute Gasteiger partial charge is 0.468 e. The summed E-state index contributed by atoms with van der Waals surface area (Å²) < 4.78 is 5.45. The van der Waals surface area contributed by atoms with Gasteiger partial charge in [0.1, 0.15) is 5.76 Å². The van der Waals surface area contributed by atoms with Crippen LogP contribution in [0.1, 0.15) is 35.3 Å². The van der Waals surface area contributed by atoms with E-state index in [0.29, 0.717) is 21.9 Å². The highest BCUT2D eigenvalue weighted by atomic mass is 32.2. The Labute approximate surface area is 198 Å². The van der Waals surface area contributed by atoms with E-state index >= 15 is 0 Å². The third-order valence-corrected chi connectivity index (χ3v) is 7.31. The highest BCUT2D eigenvalue weighted by Crippen LogP contribution is 2.41. The Morgan fingerprint density at radius 1 is 0.909 bits per heavy atom. The van der Waals surface area contributed by atoms with Crippen molar-refractivity contribution in [1.82, 2.24) is 0 Å². The zero-order valence-corrected chi connectivity index (χ0v) is 19.7. The standard InChI is InChI=1S/C27H26N2O3S/c1-18-7-12-23(19(2)16-18)24-25(33-17-22-6-5-15-32-22)27(31)29(26(24)30)21-10-8-20(9-11-21)28-13-3-4-14-28/h5-12,15-16H,3-4,13-14,17H2,1-2H3. The molecular formula is C27H26N2O3S. The first-order valence-corrected chi connectivity index (χ1v) is 12.2. The van der Waals surface area contributed by atoms with Crippen LogP contribution in [0.25, 0.3) is 5.57 Å². The average Bonchev–Trinajstić information content (AvgIpc) is 3.55. The van der Waals surface area contributed by atoms with Crippen molar-refractivity contribution in [3.05, 3.63) is 88.2 Å². The first-order chi connectivity index (χ1) is 16.0. The van der Waals surface area contributed by atoms with Crippen molar-refractivity contribution in [3.8, 4) is 0 Å². The molecule has 0 saturated carbocycles. The lowest BCUT2D eigenvalue weighted by Gasteiger charge is -2.20. The van der Waals surface area contributed by atoms with E-state index in [-0.39, 0.29) is 11.8 Å². The molecule has 0 radical (unpaired) electrons. The Bertz CT molecular complexity index is 1220. The van der Waals surface area contributed by atoms with Crippen molar-refractivity contribution in [2.45, 2.75) is 32.4 Å². The number of imide groups is 1. The summed E-state index contributed by atoms with van der Waals surface area (Å²) in [5.74, 6) is 0.696. The van der Waals surface area contributed by atoms with Gasteiger partial charge < -0.3 is 9.32 Å². The highest BCUT2D eigenvalue weighted by Gasteiger charge is 2.40. The number of carbonyl (C=O) groups excluding carboxylic acids is 2. The molecule has 33 heavy (non-hydrogen) atoms.